The van der Waals surface area contributed by atoms with Gasteiger partial charge in [0.2, 0.25) is 5.91 Å². The fourth-order valence-corrected chi connectivity index (χ4v) is 5.47. The van der Waals surface area contributed by atoms with Crippen molar-refractivity contribution < 1.29 is 14.3 Å². The standard InChI is InChI=1S/C23H25N3O4S/c1-29-16-5-6-18(30-2)15(11-16)7-9-26-13-24-21-20(23(26)28)17-8-10-25(12-19(17)31-21)22(27)14-3-4-14/h5-6,11,13-14H,3-4,7-10,12H2,1-2H3. The van der Waals surface area contributed by atoms with E-state index in [2.05, 4.69) is 4.98 Å². The van der Waals surface area contributed by atoms with Crippen LogP contribution in [0.2, 0.25) is 0 Å². The SMILES string of the molecule is COc1ccc(OC)c(CCn2cnc3sc4c(c3c2=O)CCN(C(=O)C2CC2)C4)c1. The zero-order chi connectivity index (χ0) is 21.5. The number of thiophene rings is 1. The molecular formula is C23H25N3O4S. The van der Waals surface area contributed by atoms with Crippen molar-refractivity contribution in [1.29, 1.82) is 0 Å². The molecule has 1 saturated carbocycles. The first-order valence-electron chi connectivity index (χ1n) is 10.6. The van der Waals surface area contributed by atoms with Crippen LogP contribution in [-0.2, 0) is 30.7 Å². The molecule has 3 aromatic rings. The van der Waals surface area contributed by atoms with Crippen molar-refractivity contribution in [3.8, 4) is 11.5 Å². The zero-order valence-corrected chi connectivity index (χ0v) is 18.5. The lowest BCUT2D eigenvalue weighted by Crippen LogP contribution is -2.36. The van der Waals surface area contributed by atoms with Crippen molar-refractivity contribution in [1.82, 2.24) is 14.5 Å². The third-order valence-electron chi connectivity index (χ3n) is 6.18. The van der Waals surface area contributed by atoms with Gasteiger partial charge in [0.15, 0.2) is 0 Å². The molecule has 162 valence electrons. The lowest BCUT2D eigenvalue weighted by atomic mass is 10.0. The Morgan fingerprint density at radius 2 is 2.10 bits per heavy atom. The summed E-state index contributed by atoms with van der Waals surface area (Å²) in [4.78, 5) is 34.1. The molecule has 1 fully saturated rings. The molecule has 0 spiro atoms. The van der Waals surface area contributed by atoms with E-state index >= 15 is 0 Å². The van der Waals surface area contributed by atoms with E-state index < -0.39 is 0 Å². The fourth-order valence-electron chi connectivity index (χ4n) is 4.27. The van der Waals surface area contributed by atoms with E-state index in [9.17, 15) is 9.59 Å². The smallest absolute Gasteiger partial charge is 0.262 e. The number of carbonyl (C=O) groups excluding carboxylic acids is 1. The maximum absolute atomic E-state index is 13.3. The Bertz CT molecular complexity index is 1210. The van der Waals surface area contributed by atoms with Gasteiger partial charge in [0.1, 0.15) is 16.3 Å². The van der Waals surface area contributed by atoms with Gasteiger partial charge in [-0.05, 0) is 55.0 Å². The predicted octanol–water partition coefficient (Wildman–Crippen LogP) is 3.01. The molecule has 1 amide bonds. The van der Waals surface area contributed by atoms with Gasteiger partial charge < -0.3 is 14.4 Å². The number of rotatable bonds is 6. The van der Waals surface area contributed by atoms with E-state index in [0.29, 0.717) is 26.1 Å². The van der Waals surface area contributed by atoms with E-state index in [-0.39, 0.29) is 17.4 Å². The number of amides is 1. The van der Waals surface area contributed by atoms with Crippen molar-refractivity contribution in [2.24, 2.45) is 5.92 Å². The zero-order valence-electron chi connectivity index (χ0n) is 17.7. The summed E-state index contributed by atoms with van der Waals surface area (Å²) in [7, 11) is 3.27. The summed E-state index contributed by atoms with van der Waals surface area (Å²) in [5, 5.41) is 0.721. The van der Waals surface area contributed by atoms with E-state index in [4.69, 9.17) is 9.47 Å². The van der Waals surface area contributed by atoms with Crippen LogP contribution in [-0.4, -0.2) is 41.1 Å². The number of nitrogens with zero attached hydrogens (tertiary/aromatic N) is 3. The number of ether oxygens (including phenoxy) is 2. The first-order valence-corrected chi connectivity index (χ1v) is 11.4. The van der Waals surface area contributed by atoms with Crippen molar-refractivity contribution in [2.45, 2.75) is 38.8 Å². The predicted molar refractivity (Wildman–Crippen MR) is 119 cm³/mol. The quantitative estimate of drug-likeness (QED) is 0.590. The third-order valence-corrected chi connectivity index (χ3v) is 7.30. The first-order chi connectivity index (χ1) is 15.1. The Balaban J connectivity index is 1.41. The van der Waals surface area contributed by atoms with Gasteiger partial charge in [-0.25, -0.2) is 4.98 Å². The minimum atomic E-state index is -0.00803. The molecule has 0 atom stereocenters. The second-order valence-corrected chi connectivity index (χ2v) is 9.22. The highest BCUT2D eigenvalue weighted by Gasteiger charge is 2.35. The van der Waals surface area contributed by atoms with Crippen LogP contribution in [0.4, 0.5) is 0 Å². The molecule has 31 heavy (non-hydrogen) atoms. The topological polar surface area (TPSA) is 73.7 Å². The van der Waals surface area contributed by atoms with Crippen LogP contribution in [0.3, 0.4) is 0 Å². The Morgan fingerprint density at radius 1 is 1.26 bits per heavy atom. The number of hydrogen-bond donors (Lipinski definition) is 0. The van der Waals surface area contributed by atoms with E-state index in [1.54, 1.807) is 36.5 Å². The molecule has 0 bridgehead atoms. The molecule has 5 rings (SSSR count). The van der Waals surface area contributed by atoms with Gasteiger partial charge in [0.05, 0.1) is 32.5 Å². The van der Waals surface area contributed by atoms with Crippen molar-refractivity contribution in [2.75, 3.05) is 20.8 Å². The first kappa shape index (κ1) is 20.1. The molecule has 0 radical (unpaired) electrons. The summed E-state index contributed by atoms with van der Waals surface area (Å²) >= 11 is 1.55. The Kier molecular flexibility index (Phi) is 5.17. The number of hydrogen-bond acceptors (Lipinski definition) is 6. The summed E-state index contributed by atoms with van der Waals surface area (Å²) in [5.74, 6) is 2.02. The fraction of sp³-hybridized carbons (Fsp3) is 0.435. The normalized spacial score (nSPS) is 15.7. The molecule has 0 saturated heterocycles. The van der Waals surface area contributed by atoms with E-state index in [0.717, 1.165) is 57.0 Å². The molecule has 0 unspecified atom stereocenters. The molecule has 1 aromatic carbocycles. The highest BCUT2D eigenvalue weighted by molar-refractivity contribution is 7.18. The minimum absolute atomic E-state index is 0.00803. The van der Waals surface area contributed by atoms with Gasteiger partial charge in [0.25, 0.3) is 5.56 Å². The number of aryl methyl sites for hydroxylation is 2. The highest BCUT2D eigenvalue weighted by atomic mass is 32.1. The maximum Gasteiger partial charge on any atom is 0.262 e. The van der Waals surface area contributed by atoms with Crippen LogP contribution >= 0.6 is 11.3 Å². The van der Waals surface area contributed by atoms with Gasteiger partial charge in [0, 0.05) is 23.9 Å². The van der Waals surface area contributed by atoms with Gasteiger partial charge >= 0.3 is 0 Å². The van der Waals surface area contributed by atoms with Gasteiger partial charge in [-0.3, -0.25) is 14.2 Å². The summed E-state index contributed by atoms with van der Waals surface area (Å²) in [5.41, 5.74) is 2.05. The lowest BCUT2D eigenvalue weighted by molar-refractivity contribution is -0.133. The largest absolute Gasteiger partial charge is 0.497 e. The second-order valence-electron chi connectivity index (χ2n) is 8.14. The van der Waals surface area contributed by atoms with Crippen LogP contribution in [0.5, 0.6) is 11.5 Å². The number of aromatic nitrogens is 2. The van der Waals surface area contributed by atoms with Crippen LogP contribution in [0.25, 0.3) is 10.2 Å². The van der Waals surface area contributed by atoms with Gasteiger partial charge in [-0.15, -0.1) is 11.3 Å². The van der Waals surface area contributed by atoms with Gasteiger partial charge in [-0.2, -0.15) is 0 Å². The Morgan fingerprint density at radius 3 is 2.84 bits per heavy atom. The molecular weight excluding hydrogens is 414 g/mol. The van der Waals surface area contributed by atoms with E-state index in [1.165, 1.54) is 0 Å². The molecule has 7 nitrogen and oxygen atoms in total. The van der Waals surface area contributed by atoms with Crippen LogP contribution in [0.1, 0.15) is 28.8 Å². The molecule has 2 aromatic heterocycles. The summed E-state index contributed by atoms with van der Waals surface area (Å²) in [6, 6.07) is 5.67. The summed E-state index contributed by atoms with van der Waals surface area (Å²) < 4.78 is 12.5. The van der Waals surface area contributed by atoms with Gasteiger partial charge in [-0.1, -0.05) is 0 Å². The molecule has 3 heterocycles. The average Bonchev–Trinajstić information content (AvgIpc) is 3.57. The number of fused-ring (bicyclic) bond motifs is 3. The third kappa shape index (κ3) is 3.69. The lowest BCUT2D eigenvalue weighted by Gasteiger charge is -2.27. The van der Waals surface area contributed by atoms with Crippen molar-refractivity contribution >= 4 is 27.5 Å². The molecule has 1 aliphatic carbocycles. The molecule has 1 aliphatic heterocycles. The van der Waals surface area contributed by atoms with Crippen LogP contribution < -0.4 is 15.0 Å². The van der Waals surface area contributed by atoms with Crippen LogP contribution in [0, 0.1) is 5.92 Å². The van der Waals surface area contributed by atoms with Crippen molar-refractivity contribution in [3.63, 3.8) is 0 Å². The Labute approximate surface area is 184 Å². The molecule has 8 heteroatoms. The van der Waals surface area contributed by atoms with Crippen LogP contribution in [0.15, 0.2) is 29.3 Å². The number of benzene rings is 1. The molecule has 2 aliphatic rings. The summed E-state index contributed by atoms with van der Waals surface area (Å²) in [6.45, 7) is 1.79. The van der Waals surface area contributed by atoms with Crippen molar-refractivity contribution in [3.05, 3.63) is 50.9 Å². The highest BCUT2D eigenvalue weighted by Crippen LogP contribution is 2.36. The summed E-state index contributed by atoms with van der Waals surface area (Å²) in [6.07, 6.45) is 5.01. The number of methoxy groups -OCH3 is 2. The Hall–Kier alpha value is -2.87. The average molecular weight is 440 g/mol. The minimum Gasteiger partial charge on any atom is -0.497 e. The molecule has 0 N–H and O–H groups in total. The van der Waals surface area contributed by atoms with E-state index in [1.807, 2.05) is 23.1 Å². The monoisotopic (exact) mass is 439 g/mol. The maximum atomic E-state index is 13.3. The number of carbonyl (C=O) groups is 1. The second kappa shape index (κ2) is 8.00.